The maximum atomic E-state index is 12.3. The molecule has 2 unspecified atom stereocenters. The van der Waals surface area contributed by atoms with Crippen molar-refractivity contribution in [3.8, 4) is 0 Å². The van der Waals surface area contributed by atoms with Gasteiger partial charge in [-0.2, -0.15) is 0 Å². The standard InChI is InChI=1S/C15H24N2O3/c1-9(2)17-8-12(16)7-14(17)15(18)20-13-5-10(3)19-11(4)6-13/h7-11,13H,5-6,16H2,1-4H3. The molecule has 5 heteroatoms. The lowest BCUT2D eigenvalue weighted by Gasteiger charge is -2.31. The highest BCUT2D eigenvalue weighted by molar-refractivity contribution is 5.89. The van der Waals surface area contributed by atoms with Gasteiger partial charge in [-0.3, -0.25) is 0 Å². The van der Waals surface area contributed by atoms with Gasteiger partial charge in [-0.05, 0) is 33.8 Å². The molecule has 0 aliphatic carbocycles. The van der Waals surface area contributed by atoms with Crippen molar-refractivity contribution in [2.75, 3.05) is 5.73 Å². The summed E-state index contributed by atoms with van der Waals surface area (Å²) in [4.78, 5) is 12.3. The maximum absolute atomic E-state index is 12.3. The minimum atomic E-state index is -0.304. The first-order valence-corrected chi connectivity index (χ1v) is 7.20. The van der Waals surface area contributed by atoms with Gasteiger partial charge in [-0.15, -0.1) is 0 Å². The van der Waals surface area contributed by atoms with Crippen molar-refractivity contribution in [2.45, 2.75) is 64.9 Å². The molecule has 2 atom stereocenters. The second kappa shape index (κ2) is 5.87. The van der Waals surface area contributed by atoms with Crippen molar-refractivity contribution in [2.24, 2.45) is 0 Å². The Morgan fingerprint density at radius 3 is 2.55 bits per heavy atom. The summed E-state index contributed by atoms with van der Waals surface area (Å²) in [5.41, 5.74) is 6.88. The van der Waals surface area contributed by atoms with E-state index in [1.807, 2.05) is 32.3 Å². The molecule has 5 nitrogen and oxygen atoms in total. The van der Waals surface area contributed by atoms with Crippen molar-refractivity contribution in [3.63, 3.8) is 0 Å². The van der Waals surface area contributed by atoms with E-state index < -0.39 is 0 Å². The number of anilines is 1. The SMILES string of the molecule is CC1CC(OC(=O)c2cc(N)cn2C(C)C)CC(C)O1. The number of carbonyl (C=O) groups is 1. The van der Waals surface area contributed by atoms with Crippen molar-refractivity contribution < 1.29 is 14.3 Å². The van der Waals surface area contributed by atoms with Crippen LogP contribution in [0, 0.1) is 0 Å². The van der Waals surface area contributed by atoms with Crippen molar-refractivity contribution in [3.05, 3.63) is 18.0 Å². The van der Waals surface area contributed by atoms with Crippen molar-refractivity contribution >= 4 is 11.7 Å². The number of hydrogen-bond acceptors (Lipinski definition) is 4. The topological polar surface area (TPSA) is 66.5 Å². The number of rotatable bonds is 3. The average molecular weight is 280 g/mol. The van der Waals surface area contributed by atoms with Gasteiger partial charge in [-0.1, -0.05) is 0 Å². The van der Waals surface area contributed by atoms with Gasteiger partial charge in [-0.25, -0.2) is 4.79 Å². The lowest BCUT2D eigenvalue weighted by molar-refractivity contribution is -0.0858. The first-order chi connectivity index (χ1) is 9.36. The Hall–Kier alpha value is -1.49. The van der Waals surface area contributed by atoms with Crippen LogP contribution in [0.5, 0.6) is 0 Å². The molecule has 2 rings (SSSR count). The number of nitrogen functional groups attached to an aromatic ring is 1. The lowest BCUT2D eigenvalue weighted by atomic mass is 10.0. The normalized spacial score (nSPS) is 26.8. The fourth-order valence-electron chi connectivity index (χ4n) is 2.74. The summed E-state index contributed by atoms with van der Waals surface area (Å²) < 4.78 is 13.1. The van der Waals surface area contributed by atoms with Crippen LogP contribution in [0.15, 0.2) is 12.3 Å². The van der Waals surface area contributed by atoms with Crippen LogP contribution in [0.2, 0.25) is 0 Å². The molecule has 1 aromatic rings. The molecule has 1 aliphatic heterocycles. The second-order valence-corrected chi connectivity index (χ2v) is 5.92. The quantitative estimate of drug-likeness (QED) is 0.865. The Morgan fingerprint density at radius 2 is 2.00 bits per heavy atom. The van der Waals surface area contributed by atoms with Crippen LogP contribution >= 0.6 is 0 Å². The zero-order valence-electron chi connectivity index (χ0n) is 12.6. The van der Waals surface area contributed by atoms with Crippen molar-refractivity contribution in [1.29, 1.82) is 0 Å². The molecule has 1 saturated heterocycles. The van der Waals surface area contributed by atoms with Crippen molar-refractivity contribution in [1.82, 2.24) is 4.57 Å². The van der Waals surface area contributed by atoms with Gasteiger partial charge in [0.25, 0.3) is 0 Å². The molecule has 0 spiro atoms. The smallest absolute Gasteiger partial charge is 0.355 e. The predicted molar refractivity (Wildman–Crippen MR) is 77.7 cm³/mol. The van der Waals surface area contributed by atoms with Gasteiger partial charge in [0, 0.05) is 25.1 Å². The largest absolute Gasteiger partial charge is 0.458 e. The highest BCUT2D eigenvalue weighted by atomic mass is 16.6. The van der Waals surface area contributed by atoms with Crippen LogP contribution in [0.3, 0.4) is 0 Å². The summed E-state index contributed by atoms with van der Waals surface area (Å²) in [5, 5.41) is 0. The van der Waals surface area contributed by atoms with E-state index in [9.17, 15) is 4.79 Å². The highest BCUT2D eigenvalue weighted by Crippen LogP contribution is 2.24. The van der Waals surface area contributed by atoms with Crippen LogP contribution in [-0.2, 0) is 9.47 Å². The summed E-state index contributed by atoms with van der Waals surface area (Å²) in [6.07, 6.45) is 3.42. The zero-order valence-corrected chi connectivity index (χ0v) is 12.6. The number of carbonyl (C=O) groups excluding carboxylic acids is 1. The van der Waals surface area contributed by atoms with E-state index in [2.05, 4.69) is 0 Å². The Balaban J connectivity index is 2.08. The van der Waals surface area contributed by atoms with Gasteiger partial charge < -0.3 is 19.8 Å². The second-order valence-electron chi connectivity index (χ2n) is 5.92. The molecular formula is C15H24N2O3. The van der Waals surface area contributed by atoms with E-state index in [4.69, 9.17) is 15.2 Å². The summed E-state index contributed by atoms with van der Waals surface area (Å²) >= 11 is 0. The van der Waals surface area contributed by atoms with E-state index in [1.54, 1.807) is 12.3 Å². The minimum absolute atomic E-state index is 0.0852. The third kappa shape index (κ3) is 3.33. The molecule has 1 aliphatic rings. The number of hydrogen-bond donors (Lipinski definition) is 1. The molecule has 0 amide bonds. The third-order valence-corrected chi connectivity index (χ3v) is 3.56. The lowest BCUT2D eigenvalue weighted by Crippen LogP contribution is -2.35. The Bertz CT molecular complexity index is 471. The highest BCUT2D eigenvalue weighted by Gasteiger charge is 2.28. The summed E-state index contributed by atoms with van der Waals surface area (Å²) in [5.74, 6) is -0.304. The molecule has 1 fully saturated rings. The van der Waals surface area contributed by atoms with E-state index in [1.165, 1.54) is 0 Å². The Kier molecular flexibility index (Phi) is 4.38. The molecule has 1 aromatic heterocycles. The molecule has 112 valence electrons. The van der Waals surface area contributed by atoms with E-state index >= 15 is 0 Å². The van der Waals surface area contributed by atoms with Gasteiger partial charge in [0.15, 0.2) is 0 Å². The molecule has 20 heavy (non-hydrogen) atoms. The van der Waals surface area contributed by atoms with E-state index in [-0.39, 0.29) is 30.3 Å². The third-order valence-electron chi connectivity index (χ3n) is 3.56. The summed E-state index contributed by atoms with van der Waals surface area (Å²) in [6.45, 7) is 8.03. The zero-order chi connectivity index (χ0) is 14.9. The van der Waals surface area contributed by atoms with E-state index in [0.29, 0.717) is 11.4 Å². The first kappa shape index (κ1) is 14.9. The van der Waals surface area contributed by atoms with Crippen LogP contribution in [0.1, 0.15) is 57.1 Å². The van der Waals surface area contributed by atoms with Crippen LogP contribution in [0.4, 0.5) is 5.69 Å². The molecule has 0 bridgehead atoms. The van der Waals surface area contributed by atoms with Crippen LogP contribution in [0.25, 0.3) is 0 Å². The number of esters is 1. The summed E-state index contributed by atoms with van der Waals surface area (Å²) in [7, 11) is 0. The monoisotopic (exact) mass is 280 g/mol. The van der Waals surface area contributed by atoms with Crippen LogP contribution in [-0.4, -0.2) is 28.8 Å². The molecule has 2 N–H and O–H groups in total. The fraction of sp³-hybridized carbons (Fsp3) is 0.667. The molecule has 2 heterocycles. The predicted octanol–water partition coefficient (Wildman–Crippen LogP) is 2.76. The number of aromatic nitrogens is 1. The number of ether oxygens (including phenoxy) is 2. The summed E-state index contributed by atoms with van der Waals surface area (Å²) in [6, 6.07) is 1.84. The molecular weight excluding hydrogens is 256 g/mol. The molecule has 0 aromatic carbocycles. The Labute approximate surface area is 120 Å². The average Bonchev–Trinajstić information content (AvgIpc) is 2.70. The Morgan fingerprint density at radius 1 is 1.40 bits per heavy atom. The van der Waals surface area contributed by atoms with Crippen LogP contribution < -0.4 is 5.73 Å². The molecule has 0 saturated carbocycles. The molecule has 0 radical (unpaired) electrons. The van der Waals surface area contributed by atoms with E-state index in [0.717, 1.165) is 12.8 Å². The number of nitrogens with zero attached hydrogens (tertiary/aromatic N) is 1. The van der Waals surface area contributed by atoms with Gasteiger partial charge >= 0.3 is 5.97 Å². The fourth-order valence-corrected chi connectivity index (χ4v) is 2.74. The number of nitrogens with two attached hydrogens (primary N) is 1. The van der Waals surface area contributed by atoms with Gasteiger partial charge in [0.1, 0.15) is 11.8 Å². The van der Waals surface area contributed by atoms with Gasteiger partial charge in [0.2, 0.25) is 0 Å². The minimum Gasteiger partial charge on any atom is -0.458 e. The first-order valence-electron chi connectivity index (χ1n) is 7.20. The maximum Gasteiger partial charge on any atom is 0.355 e. The van der Waals surface area contributed by atoms with Gasteiger partial charge in [0.05, 0.1) is 17.9 Å².